The molecule has 2 aromatic carbocycles. The van der Waals surface area contributed by atoms with Gasteiger partial charge in [-0.2, -0.15) is 0 Å². The molecule has 5 heteroatoms. The maximum absolute atomic E-state index is 5.23. The van der Waals surface area contributed by atoms with Crippen molar-refractivity contribution in [3.8, 4) is 17.0 Å². The van der Waals surface area contributed by atoms with Gasteiger partial charge in [-0.25, -0.2) is 4.99 Å². The van der Waals surface area contributed by atoms with Crippen molar-refractivity contribution in [1.29, 1.82) is 0 Å². The van der Waals surface area contributed by atoms with Crippen LogP contribution in [0.4, 0.5) is 5.69 Å². The maximum Gasteiger partial charge on any atom is 0.190 e. The highest BCUT2D eigenvalue weighted by atomic mass is 79.9. The van der Waals surface area contributed by atoms with E-state index in [0.29, 0.717) is 6.54 Å². The Kier molecular flexibility index (Phi) is 5.33. The molecule has 0 amide bonds. The van der Waals surface area contributed by atoms with Gasteiger partial charge in [-0.3, -0.25) is 0 Å². The number of nitrogens with zero attached hydrogens (tertiary/aromatic N) is 2. The van der Waals surface area contributed by atoms with Gasteiger partial charge in [0.1, 0.15) is 5.75 Å². The Balaban J connectivity index is 2.06. The highest BCUT2D eigenvalue weighted by Gasteiger charge is 2.07. The van der Waals surface area contributed by atoms with Gasteiger partial charge in [-0.1, -0.05) is 22.0 Å². The van der Waals surface area contributed by atoms with Crippen LogP contribution < -0.4 is 9.54 Å². The lowest BCUT2D eigenvalue weighted by atomic mass is 10.1. The molecule has 3 nitrogen and oxygen atoms in total. The summed E-state index contributed by atoms with van der Waals surface area (Å²) in [4.78, 5) is 5.72. The quantitative estimate of drug-likeness (QED) is 0.526. The topological polar surface area (TPSA) is 26.5 Å². The number of halogens is 1. The number of hydrogen-bond acceptors (Lipinski definition) is 3. The van der Waals surface area contributed by atoms with Gasteiger partial charge >= 0.3 is 0 Å². The third-order valence-corrected chi connectivity index (χ3v) is 4.94. The minimum absolute atomic E-state index is 0.709. The molecular weight excluding hydrogens is 384 g/mol. The first kappa shape index (κ1) is 16.7. The Bertz CT molecular complexity index is 892. The number of thiazole rings is 1. The monoisotopic (exact) mass is 400 g/mol. The van der Waals surface area contributed by atoms with Crippen LogP contribution in [-0.4, -0.2) is 11.7 Å². The molecule has 0 unspecified atom stereocenters. The molecule has 122 valence electrons. The SMILES string of the molecule is C=CCn1c(-c2ccc(OC)cc2)csc1=Nc1ccc(Br)cc1. The molecule has 3 rings (SSSR count). The maximum atomic E-state index is 5.23. The smallest absolute Gasteiger partial charge is 0.190 e. The van der Waals surface area contributed by atoms with E-state index in [-0.39, 0.29) is 0 Å². The minimum Gasteiger partial charge on any atom is -0.497 e. The summed E-state index contributed by atoms with van der Waals surface area (Å²) in [6.07, 6.45) is 1.89. The van der Waals surface area contributed by atoms with Crippen molar-refractivity contribution in [3.05, 3.63) is 75.8 Å². The molecule has 0 fully saturated rings. The summed E-state index contributed by atoms with van der Waals surface area (Å²) in [5, 5.41) is 2.13. The fourth-order valence-corrected chi connectivity index (χ4v) is 3.55. The van der Waals surface area contributed by atoms with Gasteiger partial charge < -0.3 is 9.30 Å². The number of allylic oxidation sites excluding steroid dienone is 1. The molecular formula is C19H17BrN2OS. The molecule has 0 N–H and O–H groups in total. The van der Waals surface area contributed by atoms with Gasteiger partial charge in [0.25, 0.3) is 0 Å². The molecule has 0 saturated carbocycles. The van der Waals surface area contributed by atoms with E-state index in [0.717, 1.165) is 32.0 Å². The van der Waals surface area contributed by atoms with Gasteiger partial charge in [0.2, 0.25) is 0 Å². The van der Waals surface area contributed by atoms with Crippen LogP contribution in [0.15, 0.2) is 76.0 Å². The number of methoxy groups -OCH3 is 1. The molecule has 3 aromatic rings. The molecule has 1 heterocycles. The van der Waals surface area contributed by atoms with E-state index >= 15 is 0 Å². The number of ether oxygens (including phenoxy) is 1. The van der Waals surface area contributed by atoms with Crippen LogP contribution in [-0.2, 0) is 6.54 Å². The molecule has 0 atom stereocenters. The van der Waals surface area contributed by atoms with E-state index in [1.165, 1.54) is 0 Å². The largest absolute Gasteiger partial charge is 0.497 e. The van der Waals surface area contributed by atoms with Crippen LogP contribution in [0.5, 0.6) is 5.75 Å². The van der Waals surface area contributed by atoms with Gasteiger partial charge in [-0.15, -0.1) is 17.9 Å². The first-order valence-corrected chi connectivity index (χ1v) is 9.12. The summed E-state index contributed by atoms with van der Waals surface area (Å²) in [7, 11) is 1.67. The summed E-state index contributed by atoms with van der Waals surface area (Å²) in [6, 6.07) is 16.0. The first-order chi connectivity index (χ1) is 11.7. The standard InChI is InChI=1S/C19H17BrN2OS/c1-3-12-22-18(14-4-10-17(23-2)11-5-14)13-24-19(22)21-16-8-6-15(20)7-9-16/h3-11,13H,1,12H2,2H3. The van der Waals surface area contributed by atoms with Crippen LogP contribution in [0.3, 0.4) is 0 Å². The van der Waals surface area contributed by atoms with Crippen molar-refractivity contribution >= 4 is 33.0 Å². The zero-order valence-electron chi connectivity index (χ0n) is 13.3. The lowest BCUT2D eigenvalue weighted by molar-refractivity contribution is 0.415. The number of aromatic nitrogens is 1. The minimum atomic E-state index is 0.709. The van der Waals surface area contributed by atoms with Crippen LogP contribution in [0.25, 0.3) is 11.3 Å². The summed E-state index contributed by atoms with van der Waals surface area (Å²) >= 11 is 5.07. The van der Waals surface area contributed by atoms with Crippen molar-refractivity contribution in [2.75, 3.05) is 7.11 Å². The van der Waals surface area contributed by atoms with Crippen LogP contribution in [0, 0.1) is 0 Å². The molecule has 1 aromatic heterocycles. The summed E-state index contributed by atoms with van der Waals surface area (Å²) < 4.78 is 8.45. The average Bonchev–Trinajstić information content (AvgIpc) is 3.00. The van der Waals surface area contributed by atoms with Gasteiger partial charge in [0.15, 0.2) is 4.80 Å². The van der Waals surface area contributed by atoms with Crippen molar-refractivity contribution in [1.82, 2.24) is 4.57 Å². The number of benzene rings is 2. The second-order valence-electron chi connectivity index (χ2n) is 5.12. The van der Waals surface area contributed by atoms with Crippen molar-refractivity contribution < 1.29 is 4.74 Å². The molecule has 0 spiro atoms. The third kappa shape index (κ3) is 3.68. The van der Waals surface area contributed by atoms with Crippen molar-refractivity contribution in [2.24, 2.45) is 4.99 Å². The Labute approximate surface area is 153 Å². The van der Waals surface area contributed by atoms with Crippen LogP contribution in [0.1, 0.15) is 0 Å². The Morgan fingerprint density at radius 2 is 1.88 bits per heavy atom. The third-order valence-electron chi connectivity index (χ3n) is 3.55. The van der Waals surface area contributed by atoms with Crippen molar-refractivity contribution in [3.63, 3.8) is 0 Å². The first-order valence-electron chi connectivity index (χ1n) is 7.45. The normalized spacial score (nSPS) is 11.5. The summed E-state index contributed by atoms with van der Waals surface area (Å²) in [5.41, 5.74) is 3.18. The lowest BCUT2D eigenvalue weighted by Gasteiger charge is -2.07. The van der Waals surface area contributed by atoms with E-state index in [2.05, 4.69) is 44.6 Å². The molecule has 0 radical (unpaired) electrons. The Morgan fingerprint density at radius 1 is 1.17 bits per heavy atom. The van der Waals surface area contributed by atoms with E-state index in [1.807, 2.05) is 42.5 Å². The number of hydrogen-bond donors (Lipinski definition) is 0. The van der Waals surface area contributed by atoms with Gasteiger partial charge in [-0.05, 0) is 54.1 Å². The van der Waals surface area contributed by atoms with E-state index < -0.39 is 0 Å². The van der Waals surface area contributed by atoms with Crippen LogP contribution >= 0.6 is 27.3 Å². The fraction of sp³-hybridized carbons (Fsp3) is 0.105. The zero-order valence-corrected chi connectivity index (χ0v) is 15.7. The predicted octanol–water partition coefficient (Wildman–Crippen LogP) is 5.41. The second-order valence-corrected chi connectivity index (χ2v) is 6.87. The molecule has 0 aliphatic heterocycles. The van der Waals surface area contributed by atoms with E-state index in [9.17, 15) is 0 Å². The van der Waals surface area contributed by atoms with Gasteiger partial charge in [0, 0.05) is 16.4 Å². The lowest BCUT2D eigenvalue weighted by Crippen LogP contribution is -2.14. The van der Waals surface area contributed by atoms with E-state index in [1.54, 1.807) is 18.4 Å². The Morgan fingerprint density at radius 3 is 2.50 bits per heavy atom. The zero-order chi connectivity index (χ0) is 16.9. The van der Waals surface area contributed by atoms with Crippen LogP contribution in [0.2, 0.25) is 0 Å². The van der Waals surface area contributed by atoms with E-state index in [4.69, 9.17) is 9.73 Å². The fourth-order valence-electron chi connectivity index (χ4n) is 2.34. The van der Waals surface area contributed by atoms with Crippen molar-refractivity contribution in [2.45, 2.75) is 6.54 Å². The second kappa shape index (κ2) is 7.64. The summed E-state index contributed by atoms with van der Waals surface area (Å²) in [6.45, 7) is 4.58. The number of rotatable bonds is 5. The predicted molar refractivity (Wildman–Crippen MR) is 104 cm³/mol. The molecule has 0 saturated heterocycles. The summed E-state index contributed by atoms with van der Waals surface area (Å²) in [5.74, 6) is 0.851. The average molecular weight is 401 g/mol. The molecule has 0 bridgehead atoms. The Hall–Kier alpha value is -2.11. The highest BCUT2D eigenvalue weighted by molar-refractivity contribution is 9.10. The van der Waals surface area contributed by atoms with Gasteiger partial charge in [0.05, 0.1) is 18.5 Å². The molecule has 0 aliphatic rings. The molecule has 24 heavy (non-hydrogen) atoms. The molecule has 0 aliphatic carbocycles. The highest BCUT2D eigenvalue weighted by Crippen LogP contribution is 2.24.